The molecule has 1 heterocycles. The second kappa shape index (κ2) is 4.20. The summed E-state index contributed by atoms with van der Waals surface area (Å²) in [6, 6.07) is 0.221. The highest BCUT2D eigenvalue weighted by atomic mass is 16.2. The van der Waals surface area contributed by atoms with Crippen LogP contribution in [-0.2, 0) is 0 Å². The van der Waals surface area contributed by atoms with Crippen molar-refractivity contribution in [2.24, 2.45) is 0 Å². The topological polar surface area (TPSA) is 23.6 Å². The van der Waals surface area contributed by atoms with Gasteiger partial charge in [-0.25, -0.2) is 4.79 Å². The van der Waals surface area contributed by atoms with Gasteiger partial charge in [-0.2, -0.15) is 0 Å². The molecule has 0 aromatic carbocycles. The van der Waals surface area contributed by atoms with Gasteiger partial charge in [0.1, 0.15) is 0 Å². The van der Waals surface area contributed by atoms with Crippen molar-refractivity contribution in [1.29, 1.82) is 0 Å². The van der Waals surface area contributed by atoms with Crippen molar-refractivity contribution >= 4 is 6.03 Å². The molecule has 1 aliphatic rings. The van der Waals surface area contributed by atoms with E-state index < -0.39 is 0 Å². The van der Waals surface area contributed by atoms with Gasteiger partial charge < -0.3 is 9.80 Å². The average molecular weight is 198 g/mol. The molecule has 1 aliphatic heterocycles. The fraction of sp³-hybridized carbons (Fsp3) is 0.909. The zero-order chi connectivity index (χ0) is 10.8. The molecule has 14 heavy (non-hydrogen) atoms. The van der Waals surface area contributed by atoms with Gasteiger partial charge in [-0.05, 0) is 26.7 Å². The van der Waals surface area contributed by atoms with Crippen LogP contribution in [0.1, 0.15) is 40.5 Å². The standard InChI is InChI=1S/C11H22N2O/c1-5-11(4,6-2)13-9-8-12(7-3)10(13)14/h5-9H2,1-4H3. The minimum absolute atomic E-state index is 0.0566. The van der Waals surface area contributed by atoms with E-state index in [9.17, 15) is 4.79 Å². The Hall–Kier alpha value is -0.730. The van der Waals surface area contributed by atoms with Gasteiger partial charge >= 0.3 is 6.03 Å². The monoisotopic (exact) mass is 198 g/mol. The Morgan fingerprint density at radius 2 is 1.79 bits per heavy atom. The molecular weight excluding hydrogens is 176 g/mol. The lowest BCUT2D eigenvalue weighted by Gasteiger charge is -2.37. The third-order valence-electron chi connectivity index (χ3n) is 3.65. The second-order valence-corrected chi connectivity index (χ2v) is 4.22. The summed E-state index contributed by atoms with van der Waals surface area (Å²) in [7, 11) is 0. The van der Waals surface area contributed by atoms with Gasteiger partial charge in [0.2, 0.25) is 0 Å². The number of hydrogen-bond donors (Lipinski definition) is 0. The number of hydrogen-bond acceptors (Lipinski definition) is 1. The quantitative estimate of drug-likeness (QED) is 0.680. The molecule has 1 rings (SSSR count). The summed E-state index contributed by atoms with van der Waals surface area (Å²) in [6.07, 6.45) is 2.07. The van der Waals surface area contributed by atoms with Gasteiger partial charge in [-0.1, -0.05) is 13.8 Å². The number of likely N-dealkylation sites (N-methyl/N-ethyl adjacent to an activating group) is 1. The largest absolute Gasteiger partial charge is 0.323 e. The fourth-order valence-electron chi connectivity index (χ4n) is 2.01. The molecular formula is C11H22N2O. The first-order valence-electron chi connectivity index (χ1n) is 5.65. The van der Waals surface area contributed by atoms with Crippen LogP contribution in [0.5, 0.6) is 0 Å². The van der Waals surface area contributed by atoms with Crippen LogP contribution in [0.25, 0.3) is 0 Å². The van der Waals surface area contributed by atoms with Gasteiger partial charge in [0, 0.05) is 25.2 Å². The van der Waals surface area contributed by atoms with Crippen molar-refractivity contribution in [2.75, 3.05) is 19.6 Å². The predicted octanol–water partition coefficient (Wildman–Crippen LogP) is 2.32. The molecule has 3 nitrogen and oxygen atoms in total. The first-order valence-corrected chi connectivity index (χ1v) is 5.65. The van der Waals surface area contributed by atoms with E-state index in [-0.39, 0.29) is 11.6 Å². The molecule has 2 amide bonds. The molecule has 82 valence electrons. The van der Waals surface area contributed by atoms with Crippen LogP contribution in [0, 0.1) is 0 Å². The van der Waals surface area contributed by atoms with E-state index in [0.717, 1.165) is 32.5 Å². The molecule has 0 unspecified atom stereocenters. The molecule has 1 fully saturated rings. The minimum atomic E-state index is 0.0566. The third-order valence-corrected chi connectivity index (χ3v) is 3.65. The van der Waals surface area contributed by atoms with Crippen LogP contribution in [0.4, 0.5) is 4.79 Å². The fourth-order valence-corrected chi connectivity index (χ4v) is 2.01. The van der Waals surface area contributed by atoms with Gasteiger partial charge in [-0.15, -0.1) is 0 Å². The number of rotatable bonds is 4. The predicted molar refractivity (Wildman–Crippen MR) is 58.3 cm³/mol. The Balaban J connectivity index is 2.75. The van der Waals surface area contributed by atoms with E-state index in [0.29, 0.717) is 0 Å². The normalized spacial score (nSPS) is 18.1. The Morgan fingerprint density at radius 1 is 1.21 bits per heavy atom. The third kappa shape index (κ3) is 1.72. The van der Waals surface area contributed by atoms with Crippen molar-refractivity contribution in [1.82, 2.24) is 9.80 Å². The van der Waals surface area contributed by atoms with E-state index in [1.807, 2.05) is 16.7 Å². The molecule has 0 aromatic heterocycles. The Bertz CT molecular complexity index is 211. The zero-order valence-electron chi connectivity index (χ0n) is 9.84. The van der Waals surface area contributed by atoms with Crippen molar-refractivity contribution in [2.45, 2.75) is 46.1 Å². The number of carbonyl (C=O) groups excluding carboxylic acids is 1. The highest BCUT2D eigenvalue weighted by Gasteiger charge is 2.38. The molecule has 3 heteroatoms. The summed E-state index contributed by atoms with van der Waals surface area (Å²) in [5.74, 6) is 0. The number of amides is 2. The maximum Gasteiger partial charge on any atom is 0.320 e. The van der Waals surface area contributed by atoms with Crippen LogP contribution in [0.2, 0.25) is 0 Å². The van der Waals surface area contributed by atoms with Gasteiger partial charge in [0.05, 0.1) is 0 Å². The highest BCUT2D eigenvalue weighted by molar-refractivity contribution is 5.77. The van der Waals surface area contributed by atoms with E-state index >= 15 is 0 Å². The van der Waals surface area contributed by atoms with Gasteiger partial charge in [-0.3, -0.25) is 0 Å². The summed E-state index contributed by atoms with van der Waals surface area (Å²) in [4.78, 5) is 15.9. The van der Waals surface area contributed by atoms with Crippen molar-refractivity contribution in [3.63, 3.8) is 0 Å². The first kappa shape index (κ1) is 11.3. The zero-order valence-corrected chi connectivity index (χ0v) is 9.84. The van der Waals surface area contributed by atoms with E-state index in [1.165, 1.54) is 0 Å². The molecule has 0 radical (unpaired) electrons. The molecule has 0 aliphatic carbocycles. The van der Waals surface area contributed by atoms with E-state index in [4.69, 9.17) is 0 Å². The highest BCUT2D eigenvalue weighted by Crippen LogP contribution is 2.27. The summed E-state index contributed by atoms with van der Waals surface area (Å²) in [5, 5.41) is 0. The summed E-state index contributed by atoms with van der Waals surface area (Å²) < 4.78 is 0. The molecule has 0 aromatic rings. The lowest BCUT2D eigenvalue weighted by Crippen LogP contribution is -2.47. The van der Waals surface area contributed by atoms with Gasteiger partial charge in [0.15, 0.2) is 0 Å². The summed E-state index contributed by atoms with van der Waals surface area (Å²) >= 11 is 0. The Labute approximate surface area is 87.1 Å². The lowest BCUT2D eigenvalue weighted by atomic mass is 9.94. The van der Waals surface area contributed by atoms with E-state index in [2.05, 4.69) is 20.8 Å². The van der Waals surface area contributed by atoms with Crippen LogP contribution >= 0.6 is 0 Å². The number of carbonyl (C=O) groups is 1. The Kier molecular flexibility index (Phi) is 3.40. The maximum atomic E-state index is 12.0. The summed E-state index contributed by atoms with van der Waals surface area (Å²) in [5.41, 5.74) is 0.0566. The lowest BCUT2D eigenvalue weighted by molar-refractivity contribution is 0.131. The second-order valence-electron chi connectivity index (χ2n) is 4.22. The molecule has 0 spiro atoms. The summed E-state index contributed by atoms with van der Waals surface area (Å²) in [6.45, 7) is 11.2. The molecule has 0 atom stereocenters. The van der Waals surface area contributed by atoms with Gasteiger partial charge in [0.25, 0.3) is 0 Å². The first-order chi connectivity index (χ1) is 6.59. The molecule has 1 saturated heterocycles. The molecule has 0 saturated carbocycles. The van der Waals surface area contributed by atoms with Crippen LogP contribution in [0.3, 0.4) is 0 Å². The maximum absolute atomic E-state index is 12.0. The van der Waals surface area contributed by atoms with Crippen molar-refractivity contribution in [3.8, 4) is 0 Å². The smallest absolute Gasteiger partial charge is 0.320 e. The van der Waals surface area contributed by atoms with Crippen molar-refractivity contribution < 1.29 is 4.79 Å². The van der Waals surface area contributed by atoms with Crippen molar-refractivity contribution in [3.05, 3.63) is 0 Å². The number of urea groups is 1. The number of nitrogens with zero attached hydrogens (tertiary/aromatic N) is 2. The van der Waals surface area contributed by atoms with E-state index in [1.54, 1.807) is 0 Å². The molecule has 0 bridgehead atoms. The van der Waals surface area contributed by atoms with Crippen LogP contribution in [-0.4, -0.2) is 41.0 Å². The Morgan fingerprint density at radius 3 is 2.14 bits per heavy atom. The van der Waals surface area contributed by atoms with Crippen LogP contribution < -0.4 is 0 Å². The van der Waals surface area contributed by atoms with Crippen LogP contribution in [0.15, 0.2) is 0 Å². The minimum Gasteiger partial charge on any atom is -0.323 e. The molecule has 0 N–H and O–H groups in total. The average Bonchev–Trinajstić information content (AvgIpc) is 2.59. The SMILES string of the molecule is CCN1CCN(C(C)(CC)CC)C1=O.